The fourth-order valence-corrected chi connectivity index (χ4v) is 1.31. The third-order valence-corrected chi connectivity index (χ3v) is 2.34. The van der Waals surface area contributed by atoms with Gasteiger partial charge in [-0.3, -0.25) is 0 Å². The highest BCUT2D eigenvalue weighted by Crippen LogP contribution is 2.24. The highest BCUT2D eigenvalue weighted by Gasteiger charge is 2.08. The highest BCUT2D eigenvalue weighted by molar-refractivity contribution is 14.1. The standard InChI is InChI=1S/C9H10INO2/c1-5-6(8(12)9(10)13)3-2-4-7(5)11/h2-4,12-13H,11H2,1H3/b9-8-. The Balaban J connectivity index is 3.32. The van der Waals surface area contributed by atoms with E-state index < -0.39 is 0 Å². The lowest BCUT2D eigenvalue weighted by Gasteiger charge is -2.07. The summed E-state index contributed by atoms with van der Waals surface area (Å²) in [6, 6.07) is 5.18. The fourth-order valence-electron chi connectivity index (χ4n) is 1.02. The normalized spacial score (nSPS) is 12.5. The molecule has 0 spiro atoms. The maximum Gasteiger partial charge on any atom is 0.196 e. The Bertz CT molecular complexity index is 357. The molecular formula is C9H10INO2. The molecule has 1 rings (SSSR count). The van der Waals surface area contributed by atoms with Crippen LogP contribution in [0.15, 0.2) is 22.0 Å². The van der Waals surface area contributed by atoms with E-state index in [1.54, 1.807) is 47.7 Å². The minimum atomic E-state index is -0.134. The van der Waals surface area contributed by atoms with Crippen molar-refractivity contribution in [3.63, 3.8) is 0 Å². The predicted octanol–water partition coefficient (Wildman–Crippen LogP) is 2.75. The number of benzene rings is 1. The summed E-state index contributed by atoms with van der Waals surface area (Å²) in [4.78, 5) is 0. The van der Waals surface area contributed by atoms with E-state index in [2.05, 4.69) is 0 Å². The zero-order chi connectivity index (χ0) is 10.0. The van der Waals surface area contributed by atoms with Crippen LogP contribution in [0.4, 0.5) is 5.69 Å². The van der Waals surface area contributed by atoms with Crippen LogP contribution < -0.4 is 5.73 Å². The number of hydrogen-bond acceptors (Lipinski definition) is 3. The number of hydrogen-bond donors (Lipinski definition) is 3. The molecule has 0 bridgehead atoms. The van der Waals surface area contributed by atoms with Gasteiger partial charge < -0.3 is 15.9 Å². The second-order valence-corrected chi connectivity index (χ2v) is 3.68. The average Bonchev–Trinajstić information content (AvgIpc) is 2.08. The van der Waals surface area contributed by atoms with E-state index in [0.717, 1.165) is 5.56 Å². The van der Waals surface area contributed by atoms with Crippen LogP contribution in [0.1, 0.15) is 11.1 Å². The molecule has 4 N–H and O–H groups in total. The van der Waals surface area contributed by atoms with Crippen LogP contribution in [-0.4, -0.2) is 10.2 Å². The van der Waals surface area contributed by atoms with Crippen LogP contribution in [0.2, 0.25) is 0 Å². The Morgan fingerprint density at radius 1 is 1.38 bits per heavy atom. The molecule has 70 valence electrons. The third kappa shape index (κ3) is 2.06. The van der Waals surface area contributed by atoms with E-state index in [0.29, 0.717) is 11.3 Å². The molecule has 1 aromatic rings. The molecule has 1 aromatic carbocycles. The summed E-state index contributed by atoms with van der Waals surface area (Å²) in [5.74, 6) is -0.134. The molecule has 0 fully saturated rings. The second kappa shape index (κ2) is 3.87. The number of halogens is 1. The molecular weight excluding hydrogens is 281 g/mol. The smallest absolute Gasteiger partial charge is 0.196 e. The van der Waals surface area contributed by atoms with Crippen LogP contribution in [0.5, 0.6) is 0 Å². The molecule has 0 radical (unpaired) electrons. The molecule has 0 aromatic heterocycles. The number of nitrogens with two attached hydrogens (primary N) is 1. The summed E-state index contributed by atoms with van der Waals surface area (Å²) >= 11 is 1.64. The topological polar surface area (TPSA) is 66.5 Å². The first kappa shape index (κ1) is 10.2. The maximum atomic E-state index is 9.47. The minimum absolute atomic E-state index is 0.133. The van der Waals surface area contributed by atoms with Crippen LogP contribution in [0.25, 0.3) is 5.76 Å². The van der Waals surface area contributed by atoms with Gasteiger partial charge >= 0.3 is 0 Å². The number of nitrogen functional groups attached to an aromatic ring is 1. The summed E-state index contributed by atoms with van der Waals surface area (Å²) in [6.45, 7) is 1.79. The van der Waals surface area contributed by atoms with E-state index in [-0.39, 0.29) is 9.53 Å². The largest absolute Gasteiger partial charge is 0.504 e. The second-order valence-electron chi connectivity index (χ2n) is 2.66. The molecule has 0 unspecified atom stereocenters. The molecule has 0 amide bonds. The summed E-state index contributed by atoms with van der Waals surface area (Å²) in [5.41, 5.74) is 7.57. The zero-order valence-electron chi connectivity index (χ0n) is 7.08. The molecule has 3 nitrogen and oxygen atoms in total. The Morgan fingerprint density at radius 3 is 2.54 bits per heavy atom. The van der Waals surface area contributed by atoms with Crippen LogP contribution in [0.3, 0.4) is 0 Å². The molecule has 0 aliphatic carbocycles. The van der Waals surface area contributed by atoms with Gasteiger partial charge in [0.15, 0.2) is 9.53 Å². The van der Waals surface area contributed by atoms with Gasteiger partial charge in [-0.25, -0.2) is 0 Å². The zero-order valence-corrected chi connectivity index (χ0v) is 9.24. The molecule has 0 heterocycles. The van der Waals surface area contributed by atoms with Crippen molar-refractivity contribution in [1.82, 2.24) is 0 Å². The first-order chi connectivity index (χ1) is 6.04. The first-order valence-corrected chi connectivity index (χ1v) is 4.75. The van der Waals surface area contributed by atoms with E-state index in [1.807, 2.05) is 0 Å². The molecule has 0 aliphatic heterocycles. The summed E-state index contributed by atoms with van der Waals surface area (Å²) < 4.78 is -0.133. The SMILES string of the molecule is Cc1c(N)cccc1/C(O)=C(/O)I. The lowest BCUT2D eigenvalue weighted by molar-refractivity contribution is 0.425. The van der Waals surface area contributed by atoms with Gasteiger partial charge in [-0.1, -0.05) is 12.1 Å². The monoisotopic (exact) mass is 291 g/mol. The van der Waals surface area contributed by atoms with Gasteiger partial charge in [-0.15, -0.1) is 0 Å². The summed E-state index contributed by atoms with van der Waals surface area (Å²) in [6.07, 6.45) is 0. The van der Waals surface area contributed by atoms with Crippen LogP contribution in [-0.2, 0) is 0 Å². The fraction of sp³-hybridized carbons (Fsp3) is 0.111. The van der Waals surface area contributed by atoms with E-state index in [1.165, 1.54) is 0 Å². The van der Waals surface area contributed by atoms with Gasteiger partial charge in [0.05, 0.1) is 0 Å². The number of aliphatic hydroxyl groups excluding tert-OH is 2. The van der Waals surface area contributed by atoms with Gasteiger partial charge in [0, 0.05) is 33.8 Å². The number of rotatable bonds is 1. The van der Waals surface area contributed by atoms with Crippen molar-refractivity contribution in [1.29, 1.82) is 0 Å². The van der Waals surface area contributed by atoms with Crippen LogP contribution in [0, 0.1) is 6.92 Å². The van der Waals surface area contributed by atoms with E-state index in [9.17, 15) is 5.11 Å². The summed E-state index contributed by atoms with van der Waals surface area (Å²) in [7, 11) is 0. The molecule has 0 saturated carbocycles. The summed E-state index contributed by atoms with van der Waals surface area (Å²) in [5, 5.41) is 18.5. The van der Waals surface area contributed by atoms with Gasteiger partial charge in [-0.05, 0) is 18.6 Å². The van der Waals surface area contributed by atoms with Crippen molar-refractivity contribution < 1.29 is 10.2 Å². The Hall–Kier alpha value is -0.910. The number of aliphatic hydroxyl groups is 2. The van der Waals surface area contributed by atoms with Crippen molar-refractivity contribution in [3.05, 3.63) is 33.1 Å². The molecule has 0 atom stereocenters. The van der Waals surface area contributed by atoms with Crippen molar-refractivity contribution in [2.24, 2.45) is 0 Å². The van der Waals surface area contributed by atoms with Crippen molar-refractivity contribution in [3.8, 4) is 0 Å². The van der Waals surface area contributed by atoms with Gasteiger partial charge in [0.2, 0.25) is 0 Å². The van der Waals surface area contributed by atoms with Crippen molar-refractivity contribution >= 4 is 34.0 Å². The highest BCUT2D eigenvalue weighted by atomic mass is 127. The minimum Gasteiger partial charge on any atom is -0.504 e. The van der Waals surface area contributed by atoms with E-state index >= 15 is 0 Å². The Labute approximate surface area is 90.0 Å². The number of anilines is 1. The van der Waals surface area contributed by atoms with Gasteiger partial charge in [0.25, 0.3) is 0 Å². The quantitative estimate of drug-likeness (QED) is 0.423. The van der Waals surface area contributed by atoms with Gasteiger partial charge in [-0.2, -0.15) is 0 Å². The Morgan fingerprint density at radius 2 is 2.00 bits per heavy atom. The lowest BCUT2D eigenvalue weighted by Crippen LogP contribution is -1.95. The average molecular weight is 291 g/mol. The van der Waals surface area contributed by atoms with Crippen LogP contribution >= 0.6 is 22.6 Å². The predicted molar refractivity (Wildman–Crippen MR) is 61.8 cm³/mol. The van der Waals surface area contributed by atoms with Gasteiger partial charge in [0.1, 0.15) is 0 Å². The molecule has 13 heavy (non-hydrogen) atoms. The third-order valence-electron chi connectivity index (χ3n) is 1.83. The Kier molecular flexibility index (Phi) is 3.02. The lowest BCUT2D eigenvalue weighted by atomic mass is 10.1. The van der Waals surface area contributed by atoms with Crippen molar-refractivity contribution in [2.75, 3.05) is 5.73 Å². The van der Waals surface area contributed by atoms with Crippen molar-refractivity contribution in [2.45, 2.75) is 6.92 Å². The molecule has 0 saturated heterocycles. The van der Waals surface area contributed by atoms with E-state index in [4.69, 9.17) is 10.8 Å². The molecule has 0 aliphatic rings. The first-order valence-electron chi connectivity index (χ1n) is 3.67. The maximum absolute atomic E-state index is 9.47. The molecule has 4 heteroatoms.